The predicted molar refractivity (Wildman–Crippen MR) is 69.8 cm³/mol. The number of aromatic nitrogens is 2. The molecule has 4 heteroatoms. The summed E-state index contributed by atoms with van der Waals surface area (Å²) in [5.74, 6) is 0. The van der Waals surface area contributed by atoms with Crippen molar-refractivity contribution in [2.24, 2.45) is 0 Å². The molecule has 0 aromatic carbocycles. The zero-order chi connectivity index (χ0) is 11.6. The number of nitrogens with one attached hydrogen (secondary N) is 1. The summed E-state index contributed by atoms with van der Waals surface area (Å²) >= 11 is 1.90. The molecule has 1 aliphatic rings. The van der Waals surface area contributed by atoms with E-state index in [2.05, 4.69) is 35.0 Å². The second kappa shape index (κ2) is 4.80. The van der Waals surface area contributed by atoms with Crippen LogP contribution >= 0.6 is 11.8 Å². The summed E-state index contributed by atoms with van der Waals surface area (Å²) in [6, 6.07) is 0.730. The zero-order valence-electron chi connectivity index (χ0n) is 10.4. The Balaban J connectivity index is 1.83. The van der Waals surface area contributed by atoms with Crippen LogP contribution in [0.2, 0.25) is 0 Å². The summed E-state index contributed by atoms with van der Waals surface area (Å²) in [6.07, 6.45) is 8.75. The van der Waals surface area contributed by atoms with Crippen molar-refractivity contribution in [2.75, 3.05) is 12.8 Å². The summed E-state index contributed by atoms with van der Waals surface area (Å²) in [4.78, 5) is 4.24. The fourth-order valence-electron chi connectivity index (χ4n) is 1.71. The molecule has 1 aromatic rings. The molecule has 0 amide bonds. The van der Waals surface area contributed by atoms with Gasteiger partial charge in [-0.2, -0.15) is 11.8 Å². The normalized spacial score (nSPS) is 16.7. The zero-order valence-corrected chi connectivity index (χ0v) is 11.2. The molecule has 1 N–H and O–H groups in total. The van der Waals surface area contributed by atoms with Crippen molar-refractivity contribution in [1.29, 1.82) is 0 Å². The standard InChI is InChI=1S/C12H21N3S/c1-12(2,16-3)8-13-6-11-7-14-9-15(11)10-4-5-10/h7,9-10,13H,4-6,8H2,1-3H3. The van der Waals surface area contributed by atoms with Crippen LogP contribution in [-0.2, 0) is 6.54 Å². The van der Waals surface area contributed by atoms with Gasteiger partial charge >= 0.3 is 0 Å². The van der Waals surface area contributed by atoms with E-state index in [1.807, 2.05) is 24.3 Å². The molecule has 0 spiro atoms. The van der Waals surface area contributed by atoms with Crippen LogP contribution in [0.25, 0.3) is 0 Å². The molecule has 1 aromatic heterocycles. The number of rotatable bonds is 6. The summed E-state index contributed by atoms with van der Waals surface area (Å²) in [5.41, 5.74) is 1.32. The molecule has 0 unspecified atom stereocenters. The average molecular weight is 239 g/mol. The highest BCUT2D eigenvalue weighted by atomic mass is 32.2. The lowest BCUT2D eigenvalue weighted by molar-refractivity contribution is 0.566. The summed E-state index contributed by atoms with van der Waals surface area (Å²) in [7, 11) is 0. The van der Waals surface area contributed by atoms with Gasteiger partial charge in [0, 0.05) is 30.1 Å². The third kappa shape index (κ3) is 3.01. The molecule has 3 nitrogen and oxygen atoms in total. The Morgan fingerprint density at radius 3 is 2.94 bits per heavy atom. The van der Waals surface area contributed by atoms with Crippen LogP contribution in [0.4, 0.5) is 0 Å². The van der Waals surface area contributed by atoms with E-state index in [0.717, 1.165) is 19.1 Å². The lowest BCUT2D eigenvalue weighted by atomic mass is 10.2. The lowest BCUT2D eigenvalue weighted by Crippen LogP contribution is -2.32. The second-order valence-corrected chi connectivity index (χ2v) is 6.60. The maximum atomic E-state index is 4.24. The van der Waals surface area contributed by atoms with Crippen LogP contribution in [0.3, 0.4) is 0 Å². The summed E-state index contributed by atoms with van der Waals surface area (Å²) < 4.78 is 2.63. The second-order valence-electron chi connectivity index (χ2n) is 5.09. The van der Waals surface area contributed by atoms with Gasteiger partial charge in [0.25, 0.3) is 0 Å². The smallest absolute Gasteiger partial charge is 0.0951 e. The highest BCUT2D eigenvalue weighted by Gasteiger charge is 2.25. The fourth-order valence-corrected chi connectivity index (χ4v) is 1.96. The molecule has 0 aliphatic heterocycles. The lowest BCUT2D eigenvalue weighted by Gasteiger charge is -2.22. The van der Waals surface area contributed by atoms with Gasteiger partial charge in [-0.05, 0) is 32.9 Å². The van der Waals surface area contributed by atoms with E-state index >= 15 is 0 Å². The van der Waals surface area contributed by atoms with E-state index in [9.17, 15) is 0 Å². The van der Waals surface area contributed by atoms with Gasteiger partial charge in [0.05, 0.1) is 12.0 Å². The van der Waals surface area contributed by atoms with Gasteiger partial charge in [-0.25, -0.2) is 4.98 Å². The first kappa shape index (κ1) is 12.0. The van der Waals surface area contributed by atoms with Crippen LogP contribution in [-0.4, -0.2) is 27.1 Å². The Hall–Kier alpha value is -0.480. The van der Waals surface area contributed by atoms with Crippen molar-refractivity contribution in [2.45, 2.75) is 44.0 Å². The van der Waals surface area contributed by atoms with Crippen LogP contribution in [0, 0.1) is 0 Å². The number of hydrogen-bond donors (Lipinski definition) is 1. The number of thioether (sulfide) groups is 1. The van der Waals surface area contributed by atoms with E-state index in [1.165, 1.54) is 18.5 Å². The van der Waals surface area contributed by atoms with E-state index in [4.69, 9.17) is 0 Å². The van der Waals surface area contributed by atoms with Crippen molar-refractivity contribution in [3.05, 3.63) is 18.2 Å². The molecular weight excluding hydrogens is 218 g/mol. The Labute approximate surface area is 102 Å². The van der Waals surface area contributed by atoms with E-state index in [-0.39, 0.29) is 0 Å². The molecule has 1 saturated carbocycles. The van der Waals surface area contributed by atoms with E-state index < -0.39 is 0 Å². The molecule has 90 valence electrons. The molecule has 0 saturated heterocycles. The van der Waals surface area contributed by atoms with Gasteiger partial charge in [0.1, 0.15) is 0 Å². The van der Waals surface area contributed by atoms with Crippen molar-refractivity contribution in [1.82, 2.24) is 14.9 Å². The van der Waals surface area contributed by atoms with Crippen molar-refractivity contribution in [3.63, 3.8) is 0 Å². The molecule has 1 heterocycles. The maximum Gasteiger partial charge on any atom is 0.0951 e. The third-order valence-corrected chi connectivity index (χ3v) is 4.35. The Morgan fingerprint density at radius 2 is 2.31 bits per heavy atom. The highest BCUT2D eigenvalue weighted by molar-refractivity contribution is 7.99. The van der Waals surface area contributed by atoms with Crippen molar-refractivity contribution < 1.29 is 0 Å². The minimum atomic E-state index is 0.310. The number of imidazole rings is 1. The van der Waals surface area contributed by atoms with E-state index in [0.29, 0.717) is 4.75 Å². The first-order valence-electron chi connectivity index (χ1n) is 5.89. The Morgan fingerprint density at radius 1 is 1.56 bits per heavy atom. The Kier molecular flexibility index (Phi) is 3.60. The molecule has 0 atom stereocenters. The molecular formula is C12H21N3S. The van der Waals surface area contributed by atoms with Gasteiger partial charge in [-0.15, -0.1) is 0 Å². The van der Waals surface area contributed by atoms with Crippen molar-refractivity contribution >= 4 is 11.8 Å². The van der Waals surface area contributed by atoms with Crippen LogP contribution in [0.5, 0.6) is 0 Å². The minimum Gasteiger partial charge on any atom is -0.330 e. The quantitative estimate of drug-likeness (QED) is 0.827. The van der Waals surface area contributed by atoms with Crippen LogP contribution in [0.1, 0.15) is 38.4 Å². The molecule has 1 aliphatic carbocycles. The Bertz CT molecular complexity index is 342. The fraction of sp³-hybridized carbons (Fsp3) is 0.750. The van der Waals surface area contributed by atoms with Gasteiger partial charge in [0.15, 0.2) is 0 Å². The molecule has 2 rings (SSSR count). The summed E-state index contributed by atoms with van der Waals surface area (Å²) in [5, 5.41) is 3.52. The van der Waals surface area contributed by atoms with Crippen LogP contribution < -0.4 is 5.32 Å². The minimum absolute atomic E-state index is 0.310. The molecule has 1 fully saturated rings. The third-order valence-electron chi connectivity index (χ3n) is 3.10. The monoisotopic (exact) mass is 239 g/mol. The first-order valence-corrected chi connectivity index (χ1v) is 7.11. The van der Waals surface area contributed by atoms with Crippen molar-refractivity contribution in [3.8, 4) is 0 Å². The first-order chi connectivity index (χ1) is 7.62. The predicted octanol–water partition coefficient (Wildman–Crippen LogP) is 2.45. The number of nitrogens with zero attached hydrogens (tertiary/aromatic N) is 2. The number of hydrogen-bond acceptors (Lipinski definition) is 3. The molecule has 0 radical (unpaired) electrons. The van der Waals surface area contributed by atoms with E-state index in [1.54, 1.807) is 0 Å². The van der Waals surface area contributed by atoms with Gasteiger partial charge in [0.2, 0.25) is 0 Å². The van der Waals surface area contributed by atoms with Gasteiger partial charge < -0.3 is 9.88 Å². The molecule has 16 heavy (non-hydrogen) atoms. The van der Waals surface area contributed by atoms with Gasteiger partial charge in [-0.1, -0.05) is 0 Å². The average Bonchev–Trinajstić information content (AvgIpc) is 2.99. The maximum absolute atomic E-state index is 4.24. The largest absolute Gasteiger partial charge is 0.330 e. The summed E-state index contributed by atoms with van der Waals surface area (Å²) in [6.45, 7) is 6.50. The van der Waals surface area contributed by atoms with Crippen LogP contribution in [0.15, 0.2) is 12.5 Å². The highest BCUT2D eigenvalue weighted by Crippen LogP contribution is 2.35. The SMILES string of the molecule is CSC(C)(C)CNCc1cncn1C1CC1. The topological polar surface area (TPSA) is 29.9 Å². The molecule has 0 bridgehead atoms. The van der Waals surface area contributed by atoms with Gasteiger partial charge in [-0.3, -0.25) is 0 Å².